The van der Waals surface area contributed by atoms with Crippen LogP contribution in [0.3, 0.4) is 0 Å². The number of aliphatic hydroxyl groups is 1. The van der Waals surface area contributed by atoms with Gasteiger partial charge >= 0.3 is 7.82 Å². The summed E-state index contributed by atoms with van der Waals surface area (Å²) in [6.07, 6.45) is 56.2. The van der Waals surface area contributed by atoms with Crippen LogP contribution in [0.15, 0.2) is 0 Å². The van der Waals surface area contributed by atoms with Gasteiger partial charge in [0.25, 0.3) is 0 Å². The normalized spacial score (nSPS) is 13.9. The van der Waals surface area contributed by atoms with Gasteiger partial charge in [0, 0.05) is 6.42 Å². The summed E-state index contributed by atoms with van der Waals surface area (Å²) in [6, 6.07) is -0.753. The topological polar surface area (TPSA) is 105 Å². The van der Waals surface area contributed by atoms with Crippen LogP contribution >= 0.6 is 7.82 Å². The molecule has 0 radical (unpaired) electrons. The van der Waals surface area contributed by atoms with E-state index in [0.29, 0.717) is 23.9 Å². The minimum absolute atomic E-state index is 0.0784. The molecule has 0 aliphatic carbocycles. The fourth-order valence-corrected chi connectivity index (χ4v) is 9.61. The molecular formula is C55H114N2O6P+. The lowest BCUT2D eigenvalue weighted by Gasteiger charge is -2.26. The number of phosphoric ester groups is 1. The zero-order chi connectivity index (χ0) is 47.1. The Balaban J connectivity index is 3.83. The van der Waals surface area contributed by atoms with Crippen molar-refractivity contribution >= 4 is 13.7 Å². The Hall–Kier alpha value is -0.500. The Morgan fingerprint density at radius 3 is 1.05 bits per heavy atom. The monoisotopic (exact) mass is 930 g/mol. The minimum Gasteiger partial charge on any atom is -0.391 e. The summed E-state index contributed by atoms with van der Waals surface area (Å²) in [5.41, 5.74) is 0. The first kappa shape index (κ1) is 63.5. The maximum Gasteiger partial charge on any atom is 0.472 e. The number of carbonyl (C=O) groups excluding carboxylic acids is 1. The average Bonchev–Trinajstić information content (AvgIpc) is 3.25. The fourth-order valence-electron chi connectivity index (χ4n) is 8.87. The van der Waals surface area contributed by atoms with Gasteiger partial charge in [-0.15, -0.1) is 0 Å². The first-order valence-electron chi connectivity index (χ1n) is 28.4. The van der Waals surface area contributed by atoms with Crippen LogP contribution in [0.4, 0.5) is 0 Å². The van der Waals surface area contributed by atoms with Crippen molar-refractivity contribution in [2.24, 2.45) is 0 Å². The van der Waals surface area contributed by atoms with E-state index in [0.717, 1.165) is 38.5 Å². The summed E-state index contributed by atoms with van der Waals surface area (Å²) in [7, 11) is 1.63. The van der Waals surface area contributed by atoms with Crippen LogP contribution in [-0.4, -0.2) is 73.4 Å². The largest absolute Gasteiger partial charge is 0.472 e. The number of unbranched alkanes of at least 4 members (excludes halogenated alkanes) is 40. The first-order valence-corrected chi connectivity index (χ1v) is 29.9. The van der Waals surface area contributed by atoms with Crippen molar-refractivity contribution in [3.8, 4) is 0 Å². The number of phosphoric acid groups is 1. The van der Waals surface area contributed by atoms with E-state index in [-0.39, 0.29) is 19.1 Å². The maximum absolute atomic E-state index is 12.9. The molecule has 1 amide bonds. The van der Waals surface area contributed by atoms with Crippen LogP contribution in [0.2, 0.25) is 0 Å². The molecule has 0 heterocycles. The lowest BCUT2D eigenvalue weighted by Crippen LogP contribution is -2.46. The van der Waals surface area contributed by atoms with E-state index in [1.165, 1.54) is 231 Å². The summed E-state index contributed by atoms with van der Waals surface area (Å²) in [4.78, 5) is 23.2. The fraction of sp³-hybridized carbons (Fsp3) is 0.982. The van der Waals surface area contributed by atoms with Gasteiger partial charge in [-0.3, -0.25) is 13.8 Å². The molecule has 0 aliphatic rings. The zero-order valence-corrected chi connectivity index (χ0v) is 44.7. The highest BCUT2D eigenvalue weighted by atomic mass is 31.2. The number of likely N-dealkylation sites (N-methyl/N-ethyl adjacent to an activating group) is 1. The standard InChI is InChI=1S/C55H113N2O6P/c1-6-8-10-12-14-16-17-18-19-20-21-22-23-24-25-26-27-28-29-30-31-32-33-34-35-36-37-38-39-41-43-45-47-49-55(59)56-53(52-63-64(60,61)62-51-50-57(3,4)5)54(58)48-46-44-42-40-15-13-11-9-7-2/h53-54,58H,6-52H2,1-5H3,(H-,56,59,60,61)/p+1. The lowest BCUT2D eigenvalue weighted by molar-refractivity contribution is -0.870. The van der Waals surface area contributed by atoms with Gasteiger partial charge in [0.2, 0.25) is 5.91 Å². The van der Waals surface area contributed by atoms with Crippen molar-refractivity contribution in [2.45, 2.75) is 309 Å². The predicted octanol–water partition coefficient (Wildman–Crippen LogP) is 16.9. The number of nitrogens with zero attached hydrogens (tertiary/aromatic N) is 1. The molecule has 0 bridgehead atoms. The molecule has 8 nitrogen and oxygen atoms in total. The van der Waals surface area contributed by atoms with E-state index >= 15 is 0 Å². The third-order valence-electron chi connectivity index (χ3n) is 13.4. The van der Waals surface area contributed by atoms with Gasteiger partial charge in [-0.1, -0.05) is 277 Å². The van der Waals surface area contributed by atoms with Gasteiger partial charge in [-0.25, -0.2) is 4.57 Å². The van der Waals surface area contributed by atoms with Gasteiger partial charge in [-0.05, 0) is 12.8 Å². The molecule has 9 heteroatoms. The van der Waals surface area contributed by atoms with Crippen LogP contribution in [-0.2, 0) is 18.4 Å². The Kier molecular flexibility index (Phi) is 47.2. The minimum atomic E-state index is -4.31. The second kappa shape index (κ2) is 47.6. The number of amides is 1. The van der Waals surface area contributed by atoms with Crippen molar-refractivity contribution in [1.82, 2.24) is 5.32 Å². The Labute approximate surface area is 399 Å². The van der Waals surface area contributed by atoms with Crippen LogP contribution in [0.25, 0.3) is 0 Å². The van der Waals surface area contributed by atoms with Gasteiger partial charge in [0.05, 0.1) is 39.9 Å². The molecule has 3 N–H and O–H groups in total. The van der Waals surface area contributed by atoms with Crippen LogP contribution in [0.1, 0.15) is 296 Å². The number of nitrogens with one attached hydrogen (secondary N) is 1. The highest BCUT2D eigenvalue weighted by molar-refractivity contribution is 7.47. The number of aliphatic hydroxyl groups excluding tert-OH is 1. The molecule has 0 rings (SSSR count). The molecular weight excluding hydrogens is 816 g/mol. The summed E-state index contributed by atoms with van der Waals surface area (Å²) in [5.74, 6) is -0.140. The van der Waals surface area contributed by atoms with Crippen molar-refractivity contribution in [3.63, 3.8) is 0 Å². The third-order valence-corrected chi connectivity index (χ3v) is 14.3. The van der Waals surface area contributed by atoms with E-state index in [9.17, 15) is 19.4 Å². The molecule has 0 aromatic rings. The second-order valence-electron chi connectivity index (χ2n) is 21.0. The number of hydrogen-bond acceptors (Lipinski definition) is 5. The number of quaternary nitrogens is 1. The molecule has 64 heavy (non-hydrogen) atoms. The summed E-state index contributed by atoms with van der Waals surface area (Å²) >= 11 is 0. The number of carbonyl (C=O) groups is 1. The molecule has 0 spiro atoms. The quantitative estimate of drug-likeness (QED) is 0.0319. The first-order chi connectivity index (χ1) is 31.0. The van der Waals surface area contributed by atoms with Crippen molar-refractivity contribution in [2.75, 3.05) is 40.9 Å². The highest BCUT2D eigenvalue weighted by Gasteiger charge is 2.28. The van der Waals surface area contributed by atoms with Gasteiger partial charge in [0.1, 0.15) is 13.2 Å². The second-order valence-corrected chi connectivity index (χ2v) is 22.5. The molecule has 0 saturated heterocycles. The van der Waals surface area contributed by atoms with Gasteiger partial charge in [-0.2, -0.15) is 0 Å². The Bertz CT molecular complexity index is 1010. The predicted molar refractivity (Wildman–Crippen MR) is 277 cm³/mol. The number of hydrogen-bond donors (Lipinski definition) is 3. The SMILES string of the molecule is CCCCCCCCCCCCCCCCCCCCCCCCCCCCCCCCCCCC(=O)NC(COP(=O)(O)OCC[N+](C)(C)C)C(O)CCCCCCCCCCC. The smallest absolute Gasteiger partial charge is 0.391 e. The van der Waals surface area contributed by atoms with Crippen molar-refractivity contribution < 1.29 is 32.9 Å². The zero-order valence-electron chi connectivity index (χ0n) is 43.8. The summed E-state index contributed by atoms with van der Waals surface area (Å²) < 4.78 is 23.6. The van der Waals surface area contributed by atoms with E-state index in [1.54, 1.807) is 0 Å². The maximum atomic E-state index is 12.9. The highest BCUT2D eigenvalue weighted by Crippen LogP contribution is 2.43. The van der Waals surface area contributed by atoms with E-state index < -0.39 is 20.0 Å². The summed E-state index contributed by atoms with van der Waals surface area (Å²) in [5, 5.41) is 13.9. The van der Waals surface area contributed by atoms with Gasteiger partial charge < -0.3 is 19.8 Å². The van der Waals surface area contributed by atoms with E-state index in [1.807, 2.05) is 21.1 Å². The van der Waals surface area contributed by atoms with E-state index in [2.05, 4.69) is 19.2 Å². The van der Waals surface area contributed by atoms with Crippen molar-refractivity contribution in [1.29, 1.82) is 0 Å². The number of rotatable bonds is 53. The molecule has 0 aromatic carbocycles. The molecule has 0 aliphatic heterocycles. The lowest BCUT2D eigenvalue weighted by atomic mass is 10.0. The Morgan fingerprint density at radius 2 is 0.750 bits per heavy atom. The third kappa shape index (κ3) is 49.4. The van der Waals surface area contributed by atoms with E-state index in [4.69, 9.17) is 9.05 Å². The average molecular weight is 930 g/mol. The molecule has 0 aromatic heterocycles. The van der Waals surface area contributed by atoms with Crippen LogP contribution in [0.5, 0.6) is 0 Å². The molecule has 0 fully saturated rings. The van der Waals surface area contributed by atoms with Crippen molar-refractivity contribution in [3.05, 3.63) is 0 Å². The summed E-state index contributed by atoms with van der Waals surface area (Å²) in [6.45, 7) is 4.90. The molecule has 3 unspecified atom stereocenters. The molecule has 0 saturated carbocycles. The molecule has 384 valence electrons. The van der Waals surface area contributed by atoms with Gasteiger partial charge in [0.15, 0.2) is 0 Å². The Morgan fingerprint density at radius 1 is 0.469 bits per heavy atom. The van der Waals surface area contributed by atoms with Crippen LogP contribution in [0, 0.1) is 0 Å². The van der Waals surface area contributed by atoms with Crippen LogP contribution < -0.4 is 5.32 Å². The molecule has 3 atom stereocenters.